The molecule has 1 amide bonds. The van der Waals surface area contributed by atoms with Crippen LogP contribution in [0.5, 0.6) is 5.75 Å². The number of rotatable bonds is 5. The first-order valence-corrected chi connectivity index (χ1v) is 10.6. The monoisotopic (exact) mass is 413 g/mol. The molecular formula is C23H28ClN3O2. The number of anilines is 1. The summed E-state index contributed by atoms with van der Waals surface area (Å²) in [4.78, 5) is 17.8. The van der Waals surface area contributed by atoms with Gasteiger partial charge in [0.1, 0.15) is 5.75 Å². The van der Waals surface area contributed by atoms with E-state index in [1.54, 1.807) is 7.11 Å². The van der Waals surface area contributed by atoms with E-state index in [-0.39, 0.29) is 17.9 Å². The third-order valence-corrected chi connectivity index (χ3v) is 6.27. The lowest BCUT2D eigenvalue weighted by atomic mass is 9.83. The van der Waals surface area contributed by atoms with E-state index in [4.69, 9.17) is 16.3 Å². The average Bonchev–Trinajstić information content (AvgIpc) is 2.74. The largest absolute Gasteiger partial charge is 0.497 e. The van der Waals surface area contributed by atoms with Crippen LogP contribution in [-0.2, 0) is 17.8 Å². The molecular weight excluding hydrogens is 386 g/mol. The van der Waals surface area contributed by atoms with Crippen molar-refractivity contribution in [1.29, 1.82) is 0 Å². The molecule has 6 heteroatoms. The number of benzene rings is 2. The first-order chi connectivity index (χ1) is 14.1. The molecule has 0 spiro atoms. The fourth-order valence-corrected chi connectivity index (χ4v) is 4.69. The van der Waals surface area contributed by atoms with Gasteiger partial charge < -0.3 is 15.0 Å². The summed E-state index contributed by atoms with van der Waals surface area (Å²) in [5.74, 6) is 0.962. The van der Waals surface area contributed by atoms with Gasteiger partial charge in [0.05, 0.1) is 19.1 Å². The number of amides is 1. The zero-order valence-electron chi connectivity index (χ0n) is 17.0. The van der Waals surface area contributed by atoms with E-state index >= 15 is 0 Å². The number of carbonyl (C=O) groups excluding carboxylic acids is 1. The maximum Gasteiger partial charge on any atom is 0.225 e. The van der Waals surface area contributed by atoms with Crippen molar-refractivity contribution in [3.63, 3.8) is 0 Å². The molecule has 1 fully saturated rings. The Morgan fingerprint density at radius 1 is 1.21 bits per heavy atom. The highest BCUT2D eigenvalue weighted by Crippen LogP contribution is 2.38. The number of fused-ring (bicyclic) bond motifs is 3. The summed E-state index contributed by atoms with van der Waals surface area (Å²) < 4.78 is 5.46. The lowest BCUT2D eigenvalue weighted by Crippen LogP contribution is -2.60. The number of piperazine rings is 1. The molecule has 2 aliphatic rings. The van der Waals surface area contributed by atoms with Gasteiger partial charge in [-0.25, -0.2) is 0 Å². The van der Waals surface area contributed by atoms with Crippen LogP contribution < -0.4 is 15.0 Å². The van der Waals surface area contributed by atoms with Crippen molar-refractivity contribution in [2.75, 3.05) is 38.2 Å². The van der Waals surface area contributed by atoms with Gasteiger partial charge in [-0.3, -0.25) is 9.69 Å². The Morgan fingerprint density at radius 3 is 2.72 bits per heavy atom. The summed E-state index contributed by atoms with van der Waals surface area (Å²) in [6, 6.07) is 14.4. The molecule has 0 bridgehead atoms. The maximum absolute atomic E-state index is 12.9. The van der Waals surface area contributed by atoms with Crippen LogP contribution in [0.3, 0.4) is 0 Å². The molecule has 0 aliphatic carbocycles. The first kappa shape index (κ1) is 20.0. The van der Waals surface area contributed by atoms with Gasteiger partial charge in [-0.05, 0) is 42.7 Å². The number of hydrogen-bond acceptors (Lipinski definition) is 4. The van der Waals surface area contributed by atoms with Crippen LogP contribution in [0, 0.1) is 5.92 Å². The average molecular weight is 414 g/mol. The third kappa shape index (κ3) is 4.21. The molecule has 4 rings (SSSR count). The number of hydrogen-bond donors (Lipinski definition) is 1. The van der Waals surface area contributed by atoms with E-state index < -0.39 is 0 Å². The summed E-state index contributed by atoms with van der Waals surface area (Å²) in [6.07, 6.45) is 0.765. The van der Waals surface area contributed by atoms with Crippen LogP contribution in [0.15, 0.2) is 42.5 Å². The van der Waals surface area contributed by atoms with Gasteiger partial charge in [-0.1, -0.05) is 29.8 Å². The van der Waals surface area contributed by atoms with Crippen molar-refractivity contribution in [3.05, 3.63) is 58.6 Å². The standard InChI is InChI=1S/C23H28ClN3O2/c1-3-25-23(28)20-12-17-6-9-19(29-2)13-21(17)27-11-10-26(15-22(20)27)14-16-4-7-18(24)8-5-16/h4-9,13,20,22H,3,10-12,14-15H2,1-2H3,(H,25,28)/t20-,22-/m0/s1. The molecule has 0 radical (unpaired) electrons. The van der Waals surface area contributed by atoms with E-state index in [9.17, 15) is 4.79 Å². The fraction of sp³-hybridized carbons (Fsp3) is 0.435. The molecule has 2 aromatic carbocycles. The van der Waals surface area contributed by atoms with E-state index in [1.807, 2.05) is 25.1 Å². The number of ether oxygens (including phenoxy) is 1. The zero-order chi connectivity index (χ0) is 20.4. The third-order valence-electron chi connectivity index (χ3n) is 6.02. The van der Waals surface area contributed by atoms with Gasteiger partial charge in [-0.15, -0.1) is 0 Å². The second-order valence-corrected chi connectivity index (χ2v) is 8.26. The Bertz CT molecular complexity index is 871. The van der Waals surface area contributed by atoms with Crippen LogP contribution in [0.2, 0.25) is 5.02 Å². The molecule has 1 N–H and O–H groups in total. The summed E-state index contributed by atoms with van der Waals surface area (Å²) in [7, 11) is 1.70. The van der Waals surface area contributed by atoms with Crippen LogP contribution in [0.25, 0.3) is 0 Å². The molecule has 154 valence electrons. The van der Waals surface area contributed by atoms with E-state index in [2.05, 4.69) is 39.4 Å². The van der Waals surface area contributed by atoms with Crippen molar-refractivity contribution < 1.29 is 9.53 Å². The highest BCUT2D eigenvalue weighted by atomic mass is 35.5. The van der Waals surface area contributed by atoms with E-state index in [1.165, 1.54) is 16.8 Å². The molecule has 5 nitrogen and oxygen atoms in total. The van der Waals surface area contributed by atoms with Crippen LogP contribution in [-0.4, -0.2) is 50.1 Å². The second-order valence-electron chi connectivity index (χ2n) is 7.82. The first-order valence-electron chi connectivity index (χ1n) is 10.3. The normalized spacial score (nSPS) is 21.3. The quantitative estimate of drug-likeness (QED) is 0.816. The molecule has 29 heavy (non-hydrogen) atoms. The van der Waals surface area contributed by atoms with Crippen LogP contribution >= 0.6 is 11.6 Å². The predicted octanol–water partition coefficient (Wildman–Crippen LogP) is 3.35. The van der Waals surface area contributed by atoms with Gasteiger partial charge in [0, 0.05) is 49.5 Å². The van der Waals surface area contributed by atoms with Crippen LogP contribution in [0.1, 0.15) is 18.1 Å². The number of methoxy groups -OCH3 is 1. The molecule has 0 aromatic heterocycles. The molecule has 2 aliphatic heterocycles. The number of carbonyl (C=O) groups is 1. The smallest absolute Gasteiger partial charge is 0.225 e. The zero-order valence-corrected chi connectivity index (χ0v) is 17.8. The van der Waals surface area contributed by atoms with Crippen molar-refractivity contribution in [3.8, 4) is 5.75 Å². The Morgan fingerprint density at radius 2 is 2.00 bits per heavy atom. The Kier molecular flexibility index (Phi) is 5.97. The van der Waals surface area contributed by atoms with Crippen molar-refractivity contribution in [1.82, 2.24) is 10.2 Å². The molecule has 2 aromatic rings. The van der Waals surface area contributed by atoms with E-state index in [0.29, 0.717) is 6.54 Å². The second kappa shape index (κ2) is 8.64. The Hall–Kier alpha value is -2.24. The molecule has 0 unspecified atom stereocenters. The minimum atomic E-state index is -0.0520. The number of halogens is 1. The molecule has 0 saturated carbocycles. The van der Waals surface area contributed by atoms with Gasteiger partial charge in [-0.2, -0.15) is 0 Å². The maximum atomic E-state index is 12.9. The van der Waals surface area contributed by atoms with Crippen LogP contribution in [0.4, 0.5) is 5.69 Å². The van der Waals surface area contributed by atoms with Gasteiger partial charge in [0.25, 0.3) is 0 Å². The van der Waals surface area contributed by atoms with Crippen molar-refractivity contribution >= 4 is 23.2 Å². The summed E-state index contributed by atoms with van der Waals surface area (Å²) in [6.45, 7) is 6.22. The summed E-state index contributed by atoms with van der Waals surface area (Å²) >= 11 is 6.03. The Labute approximate surface area is 177 Å². The van der Waals surface area contributed by atoms with Crippen molar-refractivity contribution in [2.45, 2.75) is 25.9 Å². The fourth-order valence-electron chi connectivity index (χ4n) is 4.56. The van der Waals surface area contributed by atoms with Crippen molar-refractivity contribution in [2.24, 2.45) is 5.92 Å². The summed E-state index contributed by atoms with van der Waals surface area (Å²) in [5.41, 5.74) is 3.68. The highest BCUT2D eigenvalue weighted by Gasteiger charge is 2.41. The topological polar surface area (TPSA) is 44.8 Å². The highest BCUT2D eigenvalue weighted by molar-refractivity contribution is 6.30. The van der Waals surface area contributed by atoms with Gasteiger partial charge >= 0.3 is 0 Å². The SMILES string of the molecule is CCNC(=O)[C@H]1Cc2ccc(OC)cc2N2CCN(Cc3ccc(Cl)cc3)C[C@@H]12. The lowest BCUT2D eigenvalue weighted by molar-refractivity contribution is -0.126. The summed E-state index contributed by atoms with van der Waals surface area (Å²) in [5, 5.41) is 3.81. The lowest BCUT2D eigenvalue weighted by Gasteiger charge is -2.49. The predicted molar refractivity (Wildman–Crippen MR) is 117 cm³/mol. The molecule has 2 heterocycles. The molecule has 1 saturated heterocycles. The minimum absolute atomic E-state index is 0.0520. The minimum Gasteiger partial charge on any atom is -0.497 e. The molecule has 2 atom stereocenters. The van der Waals surface area contributed by atoms with Gasteiger partial charge in [0.15, 0.2) is 0 Å². The number of nitrogens with zero attached hydrogens (tertiary/aromatic N) is 2. The van der Waals surface area contributed by atoms with Gasteiger partial charge in [0.2, 0.25) is 5.91 Å². The number of nitrogens with one attached hydrogen (secondary N) is 1. The van der Waals surface area contributed by atoms with E-state index in [0.717, 1.165) is 43.4 Å². The Balaban J connectivity index is 1.59.